The highest BCUT2D eigenvalue weighted by Gasteiger charge is 2.39. The Bertz CT molecular complexity index is 2230. The summed E-state index contributed by atoms with van der Waals surface area (Å²) in [5.41, 5.74) is 10.6. The van der Waals surface area contributed by atoms with Crippen LogP contribution in [0.25, 0.3) is 33.6 Å². The highest BCUT2D eigenvalue weighted by molar-refractivity contribution is 6.00. The van der Waals surface area contributed by atoms with E-state index in [-0.39, 0.29) is 41.6 Å². The molecule has 3 aliphatic rings. The number of likely N-dealkylation sites (tertiary alicyclic amines) is 2. The highest BCUT2D eigenvalue weighted by Crippen LogP contribution is 2.40. The SMILES string of the molecule is CCC1CN(C(=O)c2cc(OC)c3c(c2)nc(-c2cc4ccc(OC)nc4n2CC2CC2)n3CC2CN(C(=O)c3cnc(C#N)nc3)C2)C(C)[C@@H]1N. The molecule has 268 valence electrons. The Morgan fingerprint density at radius 3 is 2.35 bits per heavy atom. The Kier molecular flexibility index (Phi) is 8.53. The average Bonchev–Trinajstić information content (AvgIpc) is 3.71. The van der Waals surface area contributed by atoms with E-state index in [0.717, 1.165) is 53.9 Å². The van der Waals surface area contributed by atoms with Crippen molar-refractivity contribution in [3.63, 3.8) is 0 Å². The summed E-state index contributed by atoms with van der Waals surface area (Å²) in [4.78, 5) is 49.0. The van der Waals surface area contributed by atoms with Gasteiger partial charge in [0.15, 0.2) is 5.82 Å². The summed E-state index contributed by atoms with van der Waals surface area (Å²) in [6.07, 6.45) is 6.02. The van der Waals surface area contributed by atoms with Crippen molar-refractivity contribution in [1.29, 1.82) is 5.26 Å². The molecule has 2 unspecified atom stereocenters. The summed E-state index contributed by atoms with van der Waals surface area (Å²) in [5, 5.41) is 10.0. The lowest BCUT2D eigenvalue weighted by atomic mass is 9.98. The molecular formula is C38H42N10O4. The number of nitrogens with zero attached hydrogens (tertiary/aromatic N) is 9. The van der Waals surface area contributed by atoms with Gasteiger partial charge in [-0.3, -0.25) is 9.59 Å². The van der Waals surface area contributed by atoms with Crippen molar-refractivity contribution in [3.05, 3.63) is 59.7 Å². The fourth-order valence-corrected chi connectivity index (χ4v) is 7.80. The molecule has 1 aliphatic carbocycles. The zero-order chi connectivity index (χ0) is 36.3. The van der Waals surface area contributed by atoms with Crippen LogP contribution in [0.5, 0.6) is 11.6 Å². The van der Waals surface area contributed by atoms with Crippen molar-refractivity contribution in [2.45, 2.75) is 58.3 Å². The van der Waals surface area contributed by atoms with E-state index >= 15 is 0 Å². The molecule has 14 heteroatoms. The number of ether oxygens (including phenoxy) is 2. The number of aromatic nitrogens is 6. The van der Waals surface area contributed by atoms with E-state index in [2.05, 4.69) is 32.1 Å². The van der Waals surface area contributed by atoms with Gasteiger partial charge in [0.1, 0.15) is 23.0 Å². The quantitative estimate of drug-likeness (QED) is 0.223. The molecule has 3 atom stereocenters. The number of nitrogens with two attached hydrogens (primary N) is 1. The van der Waals surface area contributed by atoms with Gasteiger partial charge in [0.05, 0.1) is 31.0 Å². The van der Waals surface area contributed by atoms with Crippen molar-refractivity contribution in [2.24, 2.45) is 23.5 Å². The number of imidazole rings is 1. The van der Waals surface area contributed by atoms with E-state index in [1.807, 2.05) is 42.2 Å². The first kappa shape index (κ1) is 33.6. The van der Waals surface area contributed by atoms with E-state index in [1.54, 1.807) is 19.1 Å². The van der Waals surface area contributed by atoms with Gasteiger partial charge in [-0.15, -0.1) is 0 Å². The molecule has 2 saturated heterocycles. The summed E-state index contributed by atoms with van der Waals surface area (Å²) >= 11 is 0. The molecule has 8 rings (SSSR count). The molecule has 5 aromatic rings. The molecule has 2 N–H and O–H groups in total. The maximum atomic E-state index is 14.1. The topological polar surface area (TPSA) is 170 Å². The van der Waals surface area contributed by atoms with Crippen molar-refractivity contribution in [1.82, 2.24) is 38.9 Å². The van der Waals surface area contributed by atoms with E-state index < -0.39 is 0 Å². The van der Waals surface area contributed by atoms with Crippen LogP contribution in [0.2, 0.25) is 0 Å². The van der Waals surface area contributed by atoms with Gasteiger partial charge in [-0.25, -0.2) is 15.0 Å². The maximum Gasteiger partial charge on any atom is 0.257 e. The number of pyridine rings is 1. The minimum absolute atomic E-state index is 0.0211. The van der Waals surface area contributed by atoms with Crippen LogP contribution in [0.3, 0.4) is 0 Å². The Balaban J connectivity index is 1.20. The van der Waals surface area contributed by atoms with Gasteiger partial charge in [0.25, 0.3) is 11.8 Å². The second-order valence-electron chi connectivity index (χ2n) is 14.4. The highest BCUT2D eigenvalue weighted by atomic mass is 16.5. The third-order valence-corrected chi connectivity index (χ3v) is 11.1. The first-order valence-corrected chi connectivity index (χ1v) is 17.9. The fourth-order valence-electron chi connectivity index (χ4n) is 7.80. The molecule has 3 fully saturated rings. The number of hydrogen-bond donors (Lipinski definition) is 1. The van der Waals surface area contributed by atoms with E-state index in [1.165, 1.54) is 12.4 Å². The van der Waals surface area contributed by atoms with Crippen molar-refractivity contribution in [3.8, 4) is 29.2 Å². The molecule has 0 bridgehead atoms. The molecule has 1 saturated carbocycles. The third-order valence-electron chi connectivity index (χ3n) is 11.1. The first-order chi connectivity index (χ1) is 25.2. The molecule has 4 aromatic heterocycles. The number of carbonyl (C=O) groups excluding carboxylic acids is 2. The minimum atomic E-state index is -0.178. The van der Waals surface area contributed by atoms with Gasteiger partial charge in [0.2, 0.25) is 11.7 Å². The van der Waals surface area contributed by atoms with Gasteiger partial charge in [0, 0.05) is 80.1 Å². The molecule has 0 spiro atoms. The van der Waals surface area contributed by atoms with Crippen LogP contribution in [0.1, 0.15) is 59.7 Å². The average molecular weight is 703 g/mol. The Morgan fingerprint density at radius 2 is 1.69 bits per heavy atom. The van der Waals surface area contributed by atoms with Crippen molar-refractivity contribution in [2.75, 3.05) is 33.9 Å². The molecule has 6 heterocycles. The molecular weight excluding hydrogens is 660 g/mol. The van der Waals surface area contributed by atoms with Crippen LogP contribution in [0.4, 0.5) is 0 Å². The van der Waals surface area contributed by atoms with E-state index in [0.29, 0.717) is 60.4 Å². The number of methoxy groups -OCH3 is 2. The third kappa shape index (κ3) is 5.78. The maximum absolute atomic E-state index is 14.1. The van der Waals surface area contributed by atoms with Crippen LogP contribution in [-0.2, 0) is 13.1 Å². The lowest BCUT2D eigenvalue weighted by Gasteiger charge is -2.39. The number of amides is 2. The van der Waals surface area contributed by atoms with E-state index in [9.17, 15) is 9.59 Å². The van der Waals surface area contributed by atoms with Gasteiger partial charge in [-0.05, 0) is 55.9 Å². The van der Waals surface area contributed by atoms with E-state index in [4.69, 9.17) is 30.4 Å². The zero-order valence-electron chi connectivity index (χ0n) is 29.8. The van der Waals surface area contributed by atoms with Crippen LogP contribution in [0.15, 0.2) is 42.7 Å². The fraction of sp³-hybridized carbons (Fsp3) is 0.447. The summed E-state index contributed by atoms with van der Waals surface area (Å²) in [7, 11) is 3.24. The Labute approximate surface area is 301 Å². The number of nitriles is 1. The second-order valence-corrected chi connectivity index (χ2v) is 14.4. The van der Waals surface area contributed by atoms with Crippen LogP contribution in [0, 0.1) is 29.1 Å². The summed E-state index contributed by atoms with van der Waals surface area (Å²) in [6, 6.07) is 11.4. The lowest BCUT2D eigenvalue weighted by Crippen LogP contribution is -2.51. The van der Waals surface area contributed by atoms with Gasteiger partial charge in [-0.1, -0.05) is 13.3 Å². The summed E-state index contributed by atoms with van der Waals surface area (Å²) < 4.78 is 16.0. The normalized spacial score (nSPS) is 20.3. The van der Waals surface area contributed by atoms with Crippen LogP contribution >= 0.6 is 0 Å². The Morgan fingerprint density at radius 1 is 0.942 bits per heavy atom. The molecule has 2 amide bonds. The number of rotatable bonds is 10. The second kappa shape index (κ2) is 13.2. The predicted molar refractivity (Wildman–Crippen MR) is 193 cm³/mol. The van der Waals surface area contributed by atoms with Crippen molar-refractivity contribution >= 4 is 33.9 Å². The summed E-state index contributed by atoms with van der Waals surface area (Å²) in [6.45, 7) is 7.14. The molecule has 1 aromatic carbocycles. The van der Waals surface area contributed by atoms with Gasteiger partial charge in [-0.2, -0.15) is 10.2 Å². The Hall–Kier alpha value is -5.55. The molecule has 0 radical (unpaired) electrons. The minimum Gasteiger partial charge on any atom is -0.494 e. The van der Waals surface area contributed by atoms with Gasteiger partial charge >= 0.3 is 0 Å². The zero-order valence-corrected chi connectivity index (χ0v) is 29.8. The lowest BCUT2D eigenvalue weighted by molar-refractivity contribution is 0.0470. The van der Waals surface area contributed by atoms with Crippen LogP contribution in [-0.4, -0.2) is 96.6 Å². The standard InChI is InChI=1S/C38H42N10O4/c1-5-24-20-46(21(2)33(24)40)38(50)26-10-28-34(30(12-26)51-3)48(19-23-16-45(17-23)37(49)27-14-41-31(13-39)42-15-27)36(43-28)29-11-25-8-9-32(52-4)44-35(25)47(29)18-22-6-7-22/h8-12,14-15,21-24,33H,5-7,16-20,40H2,1-4H3/t21?,24?,33-/m0/s1. The summed E-state index contributed by atoms with van der Waals surface area (Å²) in [5.74, 6) is 2.50. The molecule has 52 heavy (non-hydrogen) atoms. The number of fused-ring (bicyclic) bond motifs is 2. The molecule has 14 nitrogen and oxygen atoms in total. The number of carbonyl (C=O) groups is 2. The number of benzene rings is 1. The van der Waals surface area contributed by atoms with Crippen LogP contribution < -0.4 is 15.2 Å². The van der Waals surface area contributed by atoms with Gasteiger partial charge < -0.3 is 34.1 Å². The largest absolute Gasteiger partial charge is 0.494 e. The smallest absolute Gasteiger partial charge is 0.257 e. The predicted octanol–water partition coefficient (Wildman–Crippen LogP) is 4.11. The number of hydrogen-bond acceptors (Lipinski definition) is 10. The first-order valence-electron chi connectivity index (χ1n) is 17.9. The molecule has 2 aliphatic heterocycles. The monoisotopic (exact) mass is 702 g/mol. The van der Waals surface area contributed by atoms with Crippen molar-refractivity contribution < 1.29 is 19.1 Å².